The second kappa shape index (κ2) is 12.2. The van der Waals surface area contributed by atoms with Crippen molar-refractivity contribution in [2.24, 2.45) is 0 Å². The number of thioether (sulfide) groups is 1. The molecule has 0 amide bonds. The Morgan fingerprint density at radius 3 is 2.68 bits per heavy atom. The summed E-state index contributed by atoms with van der Waals surface area (Å²) >= 11 is 11.2. The number of rotatable bonds is 10. The molecule has 196 valence electrons. The summed E-state index contributed by atoms with van der Waals surface area (Å²) in [7, 11) is 1.58. The Labute approximate surface area is 233 Å². The Kier molecular flexibility index (Phi) is 9.04. The van der Waals surface area contributed by atoms with Crippen LogP contribution in [0.4, 0.5) is 5.95 Å². The van der Waals surface area contributed by atoms with Crippen molar-refractivity contribution in [3.8, 4) is 11.5 Å². The predicted molar refractivity (Wildman–Crippen MR) is 149 cm³/mol. The summed E-state index contributed by atoms with van der Waals surface area (Å²) in [4.78, 5) is 17.8. The fraction of sp³-hybridized carbons (Fsp3) is 0.346. The minimum Gasteiger partial charge on any atom is -0.493 e. The third-order valence-electron chi connectivity index (χ3n) is 5.63. The van der Waals surface area contributed by atoms with Crippen molar-refractivity contribution >= 4 is 51.2 Å². The van der Waals surface area contributed by atoms with E-state index < -0.39 is 12.0 Å². The van der Waals surface area contributed by atoms with Crippen molar-refractivity contribution in [1.82, 2.24) is 14.8 Å². The van der Waals surface area contributed by atoms with Gasteiger partial charge in [-0.3, -0.25) is 0 Å². The van der Waals surface area contributed by atoms with Crippen LogP contribution in [0.25, 0.3) is 0 Å². The molecule has 0 spiro atoms. The summed E-state index contributed by atoms with van der Waals surface area (Å²) in [6.07, 6.45) is 0.723. The van der Waals surface area contributed by atoms with E-state index >= 15 is 0 Å². The molecule has 0 saturated heterocycles. The van der Waals surface area contributed by atoms with Crippen LogP contribution < -0.4 is 14.8 Å². The Hall–Kier alpha value is -2.69. The van der Waals surface area contributed by atoms with E-state index in [2.05, 4.69) is 26.2 Å². The fourth-order valence-corrected chi connectivity index (χ4v) is 5.20. The third-order valence-corrected chi connectivity index (χ3v) is 7.19. The number of carbonyl (C=O) groups is 1. The Morgan fingerprint density at radius 1 is 1.24 bits per heavy atom. The van der Waals surface area contributed by atoms with E-state index in [0.717, 1.165) is 23.3 Å². The summed E-state index contributed by atoms with van der Waals surface area (Å²) in [5.74, 6) is 2.04. The van der Waals surface area contributed by atoms with E-state index in [-0.39, 0.29) is 0 Å². The zero-order valence-electron chi connectivity index (χ0n) is 21.0. The molecule has 1 aromatic heterocycles. The van der Waals surface area contributed by atoms with Crippen LogP contribution in [0.5, 0.6) is 11.5 Å². The van der Waals surface area contributed by atoms with E-state index in [1.807, 2.05) is 57.2 Å². The molecule has 2 heterocycles. The first kappa shape index (κ1) is 27.3. The standard InChI is InChI=1S/C26H28BrClN4O4S/c1-5-11-35-24(33)21-15(3)29-25-30-26(37-6-2)31-32(25)22(21)17-12-19(27)23(20(13-17)34-4)36-14-16-7-9-18(28)10-8-16/h7-10,12-13,22H,5-6,11,14H2,1-4H3,(H,29,30,31). The number of fused-ring (bicyclic) bond motifs is 1. The maximum Gasteiger partial charge on any atom is 0.338 e. The zero-order chi connectivity index (χ0) is 26.5. The zero-order valence-corrected chi connectivity index (χ0v) is 24.2. The first-order valence-corrected chi connectivity index (χ1v) is 14.0. The second-order valence-electron chi connectivity index (χ2n) is 8.25. The lowest BCUT2D eigenvalue weighted by molar-refractivity contribution is -0.139. The van der Waals surface area contributed by atoms with Gasteiger partial charge < -0.3 is 19.5 Å². The van der Waals surface area contributed by atoms with Crippen LogP contribution in [0, 0.1) is 0 Å². The minimum absolute atomic E-state index is 0.327. The molecule has 37 heavy (non-hydrogen) atoms. The molecule has 11 heteroatoms. The van der Waals surface area contributed by atoms with Crippen molar-refractivity contribution in [2.75, 3.05) is 24.8 Å². The normalized spacial score (nSPS) is 14.7. The first-order valence-electron chi connectivity index (χ1n) is 11.8. The van der Waals surface area contributed by atoms with Gasteiger partial charge in [0.25, 0.3) is 0 Å². The molecular formula is C26H28BrClN4O4S. The van der Waals surface area contributed by atoms with Crippen LogP contribution >= 0.6 is 39.3 Å². The van der Waals surface area contributed by atoms with Crippen LogP contribution in [0.2, 0.25) is 5.02 Å². The van der Waals surface area contributed by atoms with Gasteiger partial charge in [-0.25, -0.2) is 9.48 Å². The number of aromatic nitrogens is 3. The predicted octanol–water partition coefficient (Wildman–Crippen LogP) is 6.64. The smallest absolute Gasteiger partial charge is 0.338 e. The number of hydrogen-bond acceptors (Lipinski definition) is 8. The molecule has 1 aliphatic heterocycles. The molecule has 1 aliphatic rings. The van der Waals surface area contributed by atoms with Crippen LogP contribution in [0.3, 0.4) is 0 Å². The van der Waals surface area contributed by atoms with Gasteiger partial charge in [-0.05, 0) is 70.4 Å². The average molecular weight is 608 g/mol. The lowest BCUT2D eigenvalue weighted by atomic mass is 9.95. The Morgan fingerprint density at radius 2 is 2.00 bits per heavy atom. The summed E-state index contributed by atoms with van der Waals surface area (Å²) < 4.78 is 19.8. The monoisotopic (exact) mass is 606 g/mol. The molecule has 1 N–H and O–H groups in total. The van der Waals surface area contributed by atoms with E-state index in [1.165, 1.54) is 11.8 Å². The molecule has 4 rings (SSSR count). The van der Waals surface area contributed by atoms with Gasteiger partial charge in [0, 0.05) is 10.7 Å². The third kappa shape index (κ3) is 6.08. The molecule has 1 unspecified atom stereocenters. The number of halogens is 2. The number of nitrogens with zero attached hydrogens (tertiary/aromatic N) is 3. The molecule has 8 nitrogen and oxygen atoms in total. The maximum absolute atomic E-state index is 13.2. The van der Waals surface area contributed by atoms with Crippen LogP contribution in [0.15, 0.2) is 57.3 Å². The quantitative estimate of drug-likeness (QED) is 0.203. The van der Waals surface area contributed by atoms with Gasteiger partial charge in [0.1, 0.15) is 12.6 Å². The highest BCUT2D eigenvalue weighted by atomic mass is 79.9. The number of benzene rings is 2. The van der Waals surface area contributed by atoms with Crippen molar-refractivity contribution in [3.05, 3.63) is 68.3 Å². The number of esters is 1. The van der Waals surface area contributed by atoms with Crippen molar-refractivity contribution in [3.63, 3.8) is 0 Å². The van der Waals surface area contributed by atoms with Crippen LogP contribution in [-0.4, -0.2) is 40.2 Å². The number of ether oxygens (including phenoxy) is 3. The average Bonchev–Trinajstić information content (AvgIpc) is 3.28. The Balaban J connectivity index is 1.75. The second-order valence-corrected chi connectivity index (χ2v) is 10.8. The molecule has 3 aromatic rings. The van der Waals surface area contributed by atoms with Gasteiger partial charge in [0.05, 0.1) is 23.8 Å². The molecule has 0 fully saturated rings. The molecule has 0 saturated carbocycles. The molecule has 0 aliphatic carbocycles. The molecule has 0 bridgehead atoms. The minimum atomic E-state index is -0.574. The van der Waals surface area contributed by atoms with Gasteiger partial charge >= 0.3 is 5.97 Å². The van der Waals surface area contributed by atoms with Gasteiger partial charge in [0.2, 0.25) is 11.1 Å². The fourth-order valence-electron chi connectivity index (χ4n) is 3.94. The highest BCUT2D eigenvalue weighted by molar-refractivity contribution is 9.10. The number of anilines is 1. The molecule has 1 atom stereocenters. The van der Waals surface area contributed by atoms with E-state index in [1.54, 1.807) is 11.8 Å². The van der Waals surface area contributed by atoms with Crippen LogP contribution in [-0.2, 0) is 16.1 Å². The van der Waals surface area contributed by atoms with E-state index in [4.69, 9.17) is 30.9 Å². The summed E-state index contributed by atoms with van der Waals surface area (Å²) in [5.41, 5.74) is 2.86. The van der Waals surface area contributed by atoms with Gasteiger partial charge in [0.15, 0.2) is 11.5 Å². The number of allylic oxidation sites excluding steroid dienone is 1. The van der Waals surface area contributed by atoms with E-state index in [0.29, 0.717) is 56.6 Å². The SMILES string of the molecule is CCCOC(=O)C1=C(C)Nc2nc(SCC)nn2C1c1cc(Br)c(OCc2ccc(Cl)cc2)c(OC)c1. The molecular weight excluding hydrogens is 580 g/mol. The van der Waals surface area contributed by atoms with Gasteiger partial charge in [-0.1, -0.05) is 49.3 Å². The van der Waals surface area contributed by atoms with Crippen molar-refractivity contribution in [1.29, 1.82) is 0 Å². The largest absolute Gasteiger partial charge is 0.493 e. The van der Waals surface area contributed by atoms with Crippen molar-refractivity contribution < 1.29 is 19.0 Å². The highest BCUT2D eigenvalue weighted by Gasteiger charge is 2.36. The maximum atomic E-state index is 13.2. The molecule has 2 aromatic carbocycles. The van der Waals surface area contributed by atoms with Gasteiger partial charge in [-0.2, -0.15) is 4.98 Å². The summed E-state index contributed by atoms with van der Waals surface area (Å²) in [6.45, 7) is 6.50. The topological polar surface area (TPSA) is 87.5 Å². The highest BCUT2D eigenvalue weighted by Crippen LogP contribution is 2.43. The Bertz CT molecular complexity index is 1310. The summed E-state index contributed by atoms with van der Waals surface area (Å²) in [6, 6.07) is 10.7. The number of carbonyl (C=O) groups excluding carboxylic acids is 1. The number of hydrogen-bond donors (Lipinski definition) is 1. The summed E-state index contributed by atoms with van der Waals surface area (Å²) in [5, 5.41) is 9.21. The number of methoxy groups -OCH3 is 1. The van der Waals surface area contributed by atoms with E-state index in [9.17, 15) is 4.79 Å². The molecule has 0 radical (unpaired) electrons. The lowest BCUT2D eigenvalue weighted by Crippen LogP contribution is -2.30. The first-order chi connectivity index (χ1) is 17.9. The van der Waals surface area contributed by atoms with Crippen molar-refractivity contribution in [2.45, 2.75) is 45.0 Å². The van der Waals surface area contributed by atoms with Gasteiger partial charge in [-0.15, -0.1) is 5.10 Å². The number of nitrogens with one attached hydrogen (secondary N) is 1. The van der Waals surface area contributed by atoms with Crippen LogP contribution in [0.1, 0.15) is 44.4 Å². The lowest BCUT2D eigenvalue weighted by Gasteiger charge is -2.28.